The van der Waals surface area contributed by atoms with Crippen molar-refractivity contribution in [1.29, 1.82) is 0 Å². The second-order valence-electron chi connectivity index (χ2n) is 10.4. The van der Waals surface area contributed by atoms with Gasteiger partial charge >= 0.3 is 6.09 Å². The number of methoxy groups -OCH3 is 1. The van der Waals surface area contributed by atoms with E-state index in [0.717, 1.165) is 5.56 Å². The van der Waals surface area contributed by atoms with Crippen LogP contribution in [0.25, 0.3) is 0 Å². The fraction of sp³-hybridized carbons (Fsp3) is 0.652. The molecule has 1 spiro atoms. The first-order valence-electron chi connectivity index (χ1n) is 10.6. The van der Waals surface area contributed by atoms with E-state index in [1.54, 1.807) is 11.0 Å². The number of rotatable bonds is 2. The van der Waals surface area contributed by atoms with Crippen molar-refractivity contribution in [3.8, 4) is 5.75 Å². The third kappa shape index (κ3) is 5.00. The van der Waals surface area contributed by atoms with Gasteiger partial charge in [0.15, 0.2) is 11.6 Å². The predicted molar refractivity (Wildman–Crippen MR) is 121 cm³/mol. The molecule has 1 aromatic carbocycles. The summed E-state index contributed by atoms with van der Waals surface area (Å²) in [6, 6.07) is 3.16. The number of ether oxygens (including phenoxy) is 2. The Morgan fingerprint density at radius 3 is 2.32 bits per heavy atom. The average Bonchev–Trinajstić information content (AvgIpc) is 2.91. The van der Waals surface area contributed by atoms with Gasteiger partial charge in [0, 0.05) is 24.1 Å². The molecule has 0 N–H and O–H groups in total. The van der Waals surface area contributed by atoms with Crippen LogP contribution in [0.1, 0.15) is 65.5 Å². The summed E-state index contributed by atoms with van der Waals surface area (Å²) < 4.78 is 42.3. The third-order valence-corrected chi connectivity index (χ3v) is 7.13. The summed E-state index contributed by atoms with van der Waals surface area (Å²) in [6.45, 7) is 12.2. The maximum Gasteiger partial charge on any atom is 0.410 e. The minimum atomic E-state index is -1.48. The van der Waals surface area contributed by atoms with Crippen LogP contribution < -0.4 is 4.74 Å². The number of piperidine rings is 1. The number of carbonyl (C=O) groups excluding carboxylic acids is 1. The van der Waals surface area contributed by atoms with E-state index in [4.69, 9.17) is 9.47 Å². The van der Waals surface area contributed by atoms with Crippen LogP contribution in [-0.2, 0) is 22.5 Å². The van der Waals surface area contributed by atoms with Crippen molar-refractivity contribution in [3.05, 3.63) is 29.1 Å². The van der Waals surface area contributed by atoms with Gasteiger partial charge in [0.2, 0.25) is 0 Å². The molecule has 3 rings (SSSR count). The van der Waals surface area contributed by atoms with Gasteiger partial charge in [-0.15, -0.1) is 0 Å². The summed E-state index contributed by atoms with van der Waals surface area (Å²) in [7, 11) is 1.44. The summed E-state index contributed by atoms with van der Waals surface area (Å²) in [4.78, 5) is 14.2. The summed E-state index contributed by atoms with van der Waals surface area (Å²) in [5.41, 5.74) is 1.37. The van der Waals surface area contributed by atoms with Crippen LogP contribution in [0, 0.1) is 11.2 Å². The summed E-state index contributed by atoms with van der Waals surface area (Å²) in [5.74, 6) is -0.267. The van der Waals surface area contributed by atoms with Gasteiger partial charge < -0.3 is 18.9 Å². The fourth-order valence-corrected chi connectivity index (χ4v) is 4.81. The Kier molecular flexibility index (Phi) is 6.37. The lowest BCUT2D eigenvalue weighted by molar-refractivity contribution is 0.0159. The maximum atomic E-state index is 14.5. The Morgan fingerprint density at radius 2 is 1.81 bits per heavy atom. The van der Waals surface area contributed by atoms with Crippen molar-refractivity contribution < 1.29 is 23.2 Å². The van der Waals surface area contributed by atoms with Gasteiger partial charge in [-0.25, -0.2) is 9.18 Å². The molecule has 2 aliphatic rings. The van der Waals surface area contributed by atoms with E-state index in [1.165, 1.54) is 13.2 Å². The van der Waals surface area contributed by atoms with Gasteiger partial charge in [-0.1, -0.05) is 4.40 Å². The van der Waals surface area contributed by atoms with Crippen molar-refractivity contribution in [3.63, 3.8) is 0 Å². The molecule has 6 nitrogen and oxygen atoms in total. The number of hydrogen-bond acceptors (Lipinski definition) is 5. The van der Waals surface area contributed by atoms with Gasteiger partial charge in [-0.3, -0.25) is 0 Å². The van der Waals surface area contributed by atoms with E-state index in [1.807, 2.05) is 41.5 Å². The Balaban J connectivity index is 1.94. The largest absolute Gasteiger partial charge is 0.591 e. The second kappa shape index (κ2) is 8.28. The fourth-order valence-electron chi connectivity index (χ4n) is 4.08. The van der Waals surface area contributed by atoms with Gasteiger partial charge in [-0.05, 0) is 78.5 Å². The van der Waals surface area contributed by atoms with Crippen LogP contribution in [0.4, 0.5) is 9.18 Å². The van der Waals surface area contributed by atoms with Crippen molar-refractivity contribution in [2.24, 2.45) is 9.81 Å². The average molecular weight is 453 g/mol. The van der Waals surface area contributed by atoms with E-state index in [9.17, 15) is 13.7 Å². The number of likely N-dealkylation sites (tertiary alicyclic amines) is 1. The number of benzene rings is 1. The minimum Gasteiger partial charge on any atom is -0.591 e. The number of fused-ring (bicyclic) bond motifs is 1. The number of amides is 1. The van der Waals surface area contributed by atoms with Crippen LogP contribution in [-0.4, -0.2) is 51.8 Å². The Hall–Kier alpha value is -1.80. The number of hydrogen-bond donors (Lipinski definition) is 0. The predicted octanol–water partition coefficient (Wildman–Crippen LogP) is 4.66. The molecule has 1 unspecified atom stereocenters. The van der Waals surface area contributed by atoms with E-state index in [-0.39, 0.29) is 17.3 Å². The molecule has 1 heterocycles. The first-order chi connectivity index (χ1) is 14.3. The lowest BCUT2D eigenvalue weighted by atomic mass is 9.74. The van der Waals surface area contributed by atoms with Crippen LogP contribution in [0.15, 0.2) is 16.5 Å². The third-order valence-electron chi connectivity index (χ3n) is 5.73. The molecule has 0 saturated carbocycles. The smallest absolute Gasteiger partial charge is 0.410 e. The van der Waals surface area contributed by atoms with E-state index in [0.29, 0.717) is 43.6 Å². The van der Waals surface area contributed by atoms with Gasteiger partial charge in [0.05, 0.1) is 7.11 Å². The molecule has 1 aliphatic carbocycles. The molecule has 1 aliphatic heterocycles. The summed E-state index contributed by atoms with van der Waals surface area (Å²) in [5, 5.41) is 0. The molecule has 1 saturated heterocycles. The van der Waals surface area contributed by atoms with E-state index in [2.05, 4.69) is 4.40 Å². The highest BCUT2D eigenvalue weighted by molar-refractivity contribution is 7.91. The zero-order chi connectivity index (χ0) is 23.2. The summed E-state index contributed by atoms with van der Waals surface area (Å²) >= 11 is -1.48. The Labute approximate surface area is 187 Å². The lowest BCUT2D eigenvalue weighted by Crippen LogP contribution is -2.47. The van der Waals surface area contributed by atoms with Crippen LogP contribution in [0.2, 0.25) is 0 Å². The van der Waals surface area contributed by atoms with Crippen LogP contribution in [0.5, 0.6) is 5.75 Å². The molecular weight excluding hydrogens is 419 g/mol. The molecule has 8 heteroatoms. The van der Waals surface area contributed by atoms with Crippen molar-refractivity contribution in [2.75, 3.05) is 20.2 Å². The molecule has 1 aromatic rings. The lowest BCUT2D eigenvalue weighted by Gasteiger charge is -2.39. The minimum absolute atomic E-state index is 0.193. The zero-order valence-corrected chi connectivity index (χ0v) is 20.3. The highest BCUT2D eigenvalue weighted by Crippen LogP contribution is 2.47. The molecule has 1 atom stereocenters. The van der Waals surface area contributed by atoms with Crippen LogP contribution in [0.3, 0.4) is 0 Å². The van der Waals surface area contributed by atoms with Crippen LogP contribution >= 0.6 is 0 Å². The normalized spacial score (nSPS) is 20.7. The standard InChI is InChI=1S/C23H33FN2O4S/c1-21(2,3)30-20(27)26-10-8-23(9-11-26)14-15-12-18(29-7)17(24)13-16(15)19(23)25-31(28)22(4,5)6/h12-13H,8-11,14H2,1-7H3. The van der Waals surface area contributed by atoms with Gasteiger partial charge in [-0.2, -0.15) is 0 Å². The molecule has 172 valence electrons. The van der Waals surface area contributed by atoms with Crippen molar-refractivity contribution >= 4 is 23.2 Å². The molecule has 1 fully saturated rings. The molecule has 0 aromatic heterocycles. The molecule has 1 amide bonds. The maximum absolute atomic E-state index is 14.5. The topological polar surface area (TPSA) is 74.2 Å². The van der Waals surface area contributed by atoms with Crippen molar-refractivity contribution in [1.82, 2.24) is 4.90 Å². The first kappa shape index (κ1) is 23.9. The highest BCUT2D eigenvalue weighted by Gasteiger charge is 2.48. The van der Waals surface area contributed by atoms with E-state index < -0.39 is 27.5 Å². The molecular formula is C23H33FN2O4S. The number of halogens is 1. The zero-order valence-electron chi connectivity index (χ0n) is 19.5. The quantitative estimate of drug-likeness (QED) is 0.612. The van der Waals surface area contributed by atoms with Crippen molar-refractivity contribution in [2.45, 2.75) is 71.2 Å². The number of nitrogens with zero attached hydrogens (tertiary/aromatic N) is 2. The SMILES string of the molecule is COc1cc2c(cc1F)C(=N[S+]([O-])C(C)(C)C)C1(CCN(C(=O)OC(C)(C)C)CC1)C2. The Morgan fingerprint density at radius 1 is 1.19 bits per heavy atom. The second-order valence-corrected chi connectivity index (χ2v) is 12.3. The number of carbonyl (C=O) groups is 1. The molecule has 31 heavy (non-hydrogen) atoms. The first-order valence-corrected chi connectivity index (χ1v) is 11.7. The summed E-state index contributed by atoms with van der Waals surface area (Å²) in [6.07, 6.45) is 1.61. The molecule has 0 bridgehead atoms. The monoisotopic (exact) mass is 452 g/mol. The van der Waals surface area contributed by atoms with Gasteiger partial charge in [0.25, 0.3) is 0 Å². The Bertz CT molecular complexity index is 881. The van der Waals surface area contributed by atoms with E-state index >= 15 is 0 Å². The van der Waals surface area contributed by atoms with Gasteiger partial charge in [0.1, 0.15) is 27.4 Å². The molecule has 0 radical (unpaired) electrons. The highest BCUT2D eigenvalue weighted by atomic mass is 32.2.